The Bertz CT molecular complexity index is 945. The Morgan fingerprint density at radius 1 is 1.11 bits per heavy atom. The van der Waals surface area contributed by atoms with Gasteiger partial charge in [0, 0.05) is 43.9 Å². The number of carbonyl (C=O) groups excluding carboxylic acids is 1. The van der Waals surface area contributed by atoms with Crippen LogP contribution < -0.4 is 10.2 Å². The first-order valence-electron chi connectivity index (χ1n) is 9.03. The molecule has 1 aliphatic rings. The van der Waals surface area contributed by atoms with Gasteiger partial charge in [0.15, 0.2) is 9.84 Å². The van der Waals surface area contributed by atoms with Gasteiger partial charge < -0.3 is 10.2 Å². The van der Waals surface area contributed by atoms with Crippen molar-refractivity contribution in [1.29, 1.82) is 0 Å². The lowest BCUT2D eigenvalue weighted by Gasteiger charge is -2.26. The van der Waals surface area contributed by atoms with Crippen molar-refractivity contribution in [2.24, 2.45) is 0 Å². The Balaban J connectivity index is 1.64. The van der Waals surface area contributed by atoms with Gasteiger partial charge in [0.25, 0.3) is 5.91 Å². The van der Waals surface area contributed by atoms with E-state index in [1.807, 2.05) is 55.4 Å². The number of anilines is 2. The van der Waals surface area contributed by atoms with Crippen molar-refractivity contribution in [2.45, 2.75) is 6.54 Å². The molecule has 1 saturated heterocycles. The number of nitrogens with zero attached hydrogens (tertiary/aromatic N) is 2. The zero-order chi connectivity index (χ0) is 20.3. The summed E-state index contributed by atoms with van der Waals surface area (Å²) in [5, 5.41) is 2.94. The van der Waals surface area contributed by atoms with Crippen molar-refractivity contribution >= 4 is 43.0 Å². The highest BCUT2D eigenvalue weighted by Crippen LogP contribution is 2.25. The van der Waals surface area contributed by atoms with Gasteiger partial charge in [-0.1, -0.05) is 28.1 Å². The van der Waals surface area contributed by atoms with Gasteiger partial charge in [-0.05, 0) is 35.9 Å². The Morgan fingerprint density at radius 2 is 1.75 bits per heavy atom. The molecule has 1 amide bonds. The molecule has 8 heteroatoms. The first kappa shape index (κ1) is 20.8. The van der Waals surface area contributed by atoms with E-state index in [4.69, 9.17) is 0 Å². The van der Waals surface area contributed by atoms with E-state index in [0.29, 0.717) is 25.2 Å². The lowest BCUT2D eigenvalue weighted by Crippen LogP contribution is -2.39. The number of carbonyl (C=O) groups is 1. The van der Waals surface area contributed by atoms with E-state index < -0.39 is 9.84 Å². The second kappa shape index (κ2) is 8.63. The molecule has 0 bridgehead atoms. The van der Waals surface area contributed by atoms with Crippen molar-refractivity contribution < 1.29 is 13.2 Å². The fraction of sp³-hybridized carbons (Fsp3) is 0.350. The molecule has 150 valence electrons. The summed E-state index contributed by atoms with van der Waals surface area (Å²) in [6.07, 6.45) is 0. The van der Waals surface area contributed by atoms with Crippen LogP contribution in [0.4, 0.5) is 11.4 Å². The predicted octanol–water partition coefficient (Wildman–Crippen LogP) is 3.00. The zero-order valence-corrected chi connectivity index (χ0v) is 18.4. The van der Waals surface area contributed by atoms with Crippen molar-refractivity contribution in [3.8, 4) is 0 Å². The third-order valence-corrected chi connectivity index (χ3v) is 6.84. The normalized spacial score (nSPS) is 16.5. The van der Waals surface area contributed by atoms with Gasteiger partial charge in [0.1, 0.15) is 0 Å². The van der Waals surface area contributed by atoms with Crippen molar-refractivity contribution in [2.75, 3.05) is 48.9 Å². The van der Waals surface area contributed by atoms with Crippen LogP contribution in [-0.4, -0.2) is 57.9 Å². The van der Waals surface area contributed by atoms with Gasteiger partial charge in [-0.15, -0.1) is 0 Å². The molecule has 0 aliphatic carbocycles. The van der Waals surface area contributed by atoms with Crippen LogP contribution in [0.2, 0.25) is 0 Å². The Hall–Kier alpha value is -1.90. The summed E-state index contributed by atoms with van der Waals surface area (Å²) in [6.45, 7) is 1.84. The van der Waals surface area contributed by atoms with Crippen LogP contribution >= 0.6 is 15.9 Å². The van der Waals surface area contributed by atoms with E-state index in [1.165, 1.54) is 0 Å². The molecule has 1 aliphatic heterocycles. The lowest BCUT2D eigenvalue weighted by molar-refractivity contribution is 0.102. The number of benzene rings is 2. The van der Waals surface area contributed by atoms with Crippen LogP contribution in [0, 0.1) is 0 Å². The summed E-state index contributed by atoms with van der Waals surface area (Å²) in [4.78, 5) is 16.7. The van der Waals surface area contributed by atoms with Crippen LogP contribution in [-0.2, 0) is 16.4 Å². The van der Waals surface area contributed by atoms with E-state index in [2.05, 4.69) is 26.1 Å². The SMILES string of the molecule is CN(C)c1cc(Br)ccc1C(=O)Nc1ccc(CN2CCS(=O)(=O)CC2)cc1. The van der Waals surface area contributed by atoms with Gasteiger partial charge >= 0.3 is 0 Å². The maximum atomic E-state index is 12.7. The van der Waals surface area contributed by atoms with E-state index >= 15 is 0 Å². The zero-order valence-electron chi connectivity index (χ0n) is 16.0. The highest BCUT2D eigenvalue weighted by Gasteiger charge is 2.21. The maximum absolute atomic E-state index is 12.7. The number of rotatable bonds is 5. The van der Waals surface area contributed by atoms with Crippen molar-refractivity contribution in [3.63, 3.8) is 0 Å². The minimum absolute atomic E-state index is 0.162. The number of sulfone groups is 1. The van der Waals surface area contributed by atoms with E-state index in [1.54, 1.807) is 6.07 Å². The van der Waals surface area contributed by atoms with Crippen LogP contribution in [0.1, 0.15) is 15.9 Å². The highest BCUT2D eigenvalue weighted by atomic mass is 79.9. The topological polar surface area (TPSA) is 69.7 Å². The Labute approximate surface area is 174 Å². The number of hydrogen-bond acceptors (Lipinski definition) is 5. The molecule has 2 aromatic carbocycles. The van der Waals surface area contributed by atoms with Crippen LogP contribution in [0.25, 0.3) is 0 Å². The molecular formula is C20H24BrN3O3S. The molecule has 1 fully saturated rings. The van der Waals surface area contributed by atoms with Gasteiger partial charge in [-0.25, -0.2) is 8.42 Å². The molecule has 0 unspecified atom stereocenters. The number of nitrogens with one attached hydrogen (secondary N) is 1. The number of halogens is 1. The van der Waals surface area contributed by atoms with Crippen LogP contribution in [0.15, 0.2) is 46.9 Å². The molecule has 28 heavy (non-hydrogen) atoms. The molecular weight excluding hydrogens is 442 g/mol. The average molecular weight is 466 g/mol. The standard InChI is InChI=1S/C20H24BrN3O3S/c1-23(2)19-13-16(21)5-8-18(19)20(25)22-17-6-3-15(4-7-17)14-24-9-11-28(26,27)12-10-24/h3-8,13H,9-12,14H2,1-2H3,(H,22,25). The fourth-order valence-corrected chi connectivity index (χ4v) is 4.75. The molecule has 2 aromatic rings. The highest BCUT2D eigenvalue weighted by molar-refractivity contribution is 9.10. The van der Waals surface area contributed by atoms with Gasteiger partial charge in [0.2, 0.25) is 0 Å². The van der Waals surface area contributed by atoms with Gasteiger partial charge in [-0.3, -0.25) is 9.69 Å². The van der Waals surface area contributed by atoms with Crippen molar-refractivity contribution in [3.05, 3.63) is 58.1 Å². The summed E-state index contributed by atoms with van der Waals surface area (Å²) < 4.78 is 24.0. The molecule has 3 rings (SSSR count). The molecule has 0 radical (unpaired) electrons. The van der Waals surface area contributed by atoms with Crippen molar-refractivity contribution in [1.82, 2.24) is 4.90 Å². The summed E-state index contributed by atoms with van der Waals surface area (Å²) in [7, 11) is 0.941. The Kier molecular flexibility index (Phi) is 6.42. The minimum atomic E-state index is -2.86. The van der Waals surface area contributed by atoms with Gasteiger partial charge in [-0.2, -0.15) is 0 Å². The predicted molar refractivity (Wildman–Crippen MR) is 117 cm³/mol. The smallest absolute Gasteiger partial charge is 0.257 e. The summed E-state index contributed by atoms with van der Waals surface area (Å²) in [6, 6.07) is 13.2. The molecule has 1 N–H and O–H groups in total. The summed E-state index contributed by atoms with van der Waals surface area (Å²) >= 11 is 3.44. The molecule has 0 atom stereocenters. The molecule has 0 spiro atoms. The second-order valence-electron chi connectivity index (χ2n) is 7.13. The number of amides is 1. The lowest BCUT2D eigenvalue weighted by atomic mass is 10.1. The molecule has 0 aromatic heterocycles. The first-order valence-corrected chi connectivity index (χ1v) is 11.6. The van der Waals surface area contributed by atoms with E-state index in [-0.39, 0.29) is 17.4 Å². The van der Waals surface area contributed by atoms with E-state index in [9.17, 15) is 13.2 Å². The quantitative estimate of drug-likeness (QED) is 0.734. The minimum Gasteiger partial charge on any atom is -0.377 e. The third-order valence-electron chi connectivity index (χ3n) is 4.74. The Morgan fingerprint density at radius 3 is 2.36 bits per heavy atom. The van der Waals surface area contributed by atoms with E-state index in [0.717, 1.165) is 21.4 Å². The summed E-state index contributed by atoms with van der Waals surface area (Å²) in [5.74, 6) is 0.288. The second-order valence-corrected chi connectivity index (χ2v) is 10.4. The third kappa shape index (κ3) is 5.33. The fourth-order valence-electron chi connectivity index (χ4n) is 3.13. The monoisotopic (exact) mass is 465 g/mol. The number of hydrogen-bond donors (Lipinski definition) is 1. The average Bonchev–Trinajstić information content (AvgIpc) is 2.65. The van der Waals surface area contributed by atoms with Gasteiger partial charge in [0.05, 0.1) is 22.8 Å². The largest absolute Gasteiger partial charge is 0.377 e. The van der Waals surface area contributed by atoms with Crippen LogP contribution in [0.5, 0.6) is 0 Å². The van der Waals surface area contributed by atoms with Crippen LogP contribution in [0.3, 0.4) is 0 Å². The first-order chi connectivity index (χ1) is 13.2. The summed E-state index contributed by atoms with van der Waals surface area (Å²) in [5.41, 5.74) is 3.26. The molecule has 6 nitrogen and oxygen atoms in total. The maximum Gasteiger partial charge on any atom is 0.257 e. The molecule has 1 heterocycles. The molecule has 0 saturated carbocycles.